The van der Waals surface area contributed by atoms with E-state index < -0.39 is 0 Å². The van der Waals surface area contributed by atoms with Gasteiger partial charge in [0.15, 0.2) is 0 Å². The van der Waals surface area contributed by atoms with Gasteiger partial charge in [-0.25, -0.2) is 4.79 Å². The van der Waals surface area contributed by atoms with Crippen molar-refractivity contribution >= 4 is 17.3 Å². The van der Waals surface area contributed by atoms with E-state index in [1.165, 1.54) is 32.8 Å². The van der Waals surface area contributed by atoms with Gasteiger partial charge in [0, 0.05) is 19.1 Å². The minimum absolute atomic E-state index is 0.265. The monoisotopic (exact) mass is 260 g/mol. The molecule has 1 saturated heterocycles. The third-order valence-corrected chi connectivity index (χ3v) is 3.80. The smallest absolute Gasteiger partial charge is 0.337 e. The van der Waals surface area contributed by atoms with E-state index >= 15 is 0 Å². The Hall–Kier alpha value is -1.71. The van der Waals surface area contributed by atoms with Crippen LogP contribution in [0.25, 0.3) is 0 Å². The van der Waals surface area contributed by atoms with Crippen molar-refractivity contribution in [2.24, 2.45) is 0 Å². The van der Waals surface area contributed by atoms with E-state index in [4.69, 9.17) is 4.74 Å². The first kappa shape index (κ1) is 12.3. The summed E-state index contributed by atoms with van der Waals surface area (Å²) in [6.45, 7) is 2.15. The van der Waals surface area contributed by atoms with E-state index in [0.717, 1.165) is 24.5 Å². The van der Waals surface area contributed by atoms with Crippen LogP contribution in [0, 0.1) is 0 Å². The normalized spacial score (nSPS) is 18.5. The molecule has 19 heavy (non-hydrogen) atoms. The first-order valence-electron chi connectivity index (χ1n) is 7.02. The van der Waals surface area contributed by atoms with Crippen LogP contribution in [0.5, 0.6) is 0 Å². The Morgan fingerprint density at radius 1 is 1.32 bits per heavy atom. The summed E-state index contributed by atoms with van der Waals surface area (Å²) in [5.74, 6) is -0.265. The van der Waals surface area contributed by atoms with Crippen molar-refractivity contribution in [2.75, 3.05) is 30.4 Å². The molecule has 2 fully saturated rings. The maximum Gasteiger partial charge on any atom is 0.337 e. The van der Waals surface area contributed by atoms with Crippen molar-refractivity contribution in [1.82, 2.24) is 0 Å². The molecule has 0 bridgehead atoms. The van der Waals surface area contributed by atoms with Crippen molar-refractivity contribution in [2.45, 2.75) is 31.7 Å². The zero-order chi connectivity index (χ0) is 13.2. The number of benzene rings is 1. The molecule has 0 amide bonds. The zero-order valence-corrected chi connectivity index (χ0v) is 11.3. The average molecular weight is 260 g/mol. The van der Waals surface area contributed by atoms with Crippen LogP contribution in [0.2, 0.25) is 0 Å². The number of anilines is 2. The molecule has 102 valence electrons. The number of carbonyl (C=O) groups excluding carboxylic acids is 1. The van der Waals surface area contributed by atoms with Crippen LogP contribution in [0.3, 0.4) is 0 Å². The number of methoxy groups -OCH3 is 1. The predicted octanol–water partition coefficient (Wildman–Crippen LogP) is 2.65. The second kappa shape index (κ2) is 5.11. The summed E-state index contributed by atoms with van der Waals surface area (Å²) in [5, 5.41) is 3.55. The van der Waals surface area contributed by atoms with Crippen LogP contribution >= 0.6 is 0 Å². The fraction of sp³-hybridized carbons (Fsp3) is 0.533. The van der Waals surface area contributed by atoms with Crippen LogP contribution in [0.4, 0.5) is 11.4 Å². The van der Waals surface area contributed by atoms with Crippen molar-refractivity contribution in [3.05, 3.63) is 23.8 Å². The summed E-state index contributed by atoms with van der Waals surface area (Å²) >= 11 is 0. The summed E-state index contributed by atoms with van der Waals surface area (Å²) in [5.41, 5.74) is 2.93. The lowest BCUT2D eigenvalue weighted by Crippen LogP contribution is -2.20. The molecular formula is C15H20N2O2. The number of hydrogen-bond acceptors (Lipinski definition) is 4. The van der Waals surface area contributed by atoms with Crippen molar-refractivity contribution in [3.8, 4) is 0 Å². The Morgan fingerprint density at radius 3 is 2.68 bits per heavy atom. The SMILES string of the molecule is COC(=O)c1ccc(NC2CC2)c(N2CCCC2)c1. The molecule has 0 spiro atoms. The second-order valence-corrected chi connectivity index (χ2v) is 5.34. The van der Waals surface area contributed by atoms with E-state index in [0.29, 0.717) is 11.6 Å². The molecule has 1 saturated carbocycles. The highest BCUT2D eigenvalue weighted by Crippen LogP contribution is 2.34. The van der Waals surface area contributed by atoms with Crippen molar-refractivity contribution in [1.29, 1.82) is 0 Å². The Balaban J connectivity index is 1.91. The van der Waals surface area contributed by atoms with Crippen molar-refractivity contribution in [3.63, 3.8) is 0 Å². The van der Waals surface area contributed by atoms with E-state index in [1.807, 2.05) is 18.2 Å². The summed E-state index contributed by atoms with van der Waals surface area (Å²) in [7, 11) is 1.42. The lowest BCUT2D eigenvalue weighted by molar-refractivity contribution is 0.0601. The fourth-order valence-corrected chi connectivity index (χ4v) is 2.57. The minimum Gasteiger partial charge on any atom is -0.465 e. The number of esters is 1. The van der Waals surface area contributed by atoms with Crippen LogP contribution in [0.1, 0.15) is 36.0 Å². The minimum atomic E-state index is -0.265. The van der Waals surface area contributed by atoms with E-state index in [2.05, 4.69) is 10.2 Å². The number of nitrogens with zero attached hydrogens (tertiary/aromatic N) is 1. The van der Waals surface area contributed by atoms with Gasteiger partial charge in [-0.2, -0.15) is 0 Å². The lowest BCUT2D eigenvalue weighted by atomic mass is 10.1. The Labute approximate surface area is 113 Å². The number of carbonyl (C=O) groups is 1. The molecule has 0 aromatic heterocycles. The van der Waals surface area contributed by atoms with Gasteiger partial charge in [-0.15, -0.1) is 0 Å². The number of nitrogens with one attached hydrogen (secondary N) is 1. The number of rotatable bonds is 4. The molecular weight excluding hydrogens is 240 g/mol. The predicted molar refractivity (Wildman–Crippen MR) is 75.9 cm³/mol. The highest BCUT2D eigenvalue weighted by molar-refractivity contribution is 5.92. The molecule has 3 rings (SSSR count). The quantitative estimate of drug-likeness (QED) is 0.845. The van der Waals surface area contributed by atoms with Gasteiger partial charge in [0.05, 0.1) is 24.0 Å². The maximum absolute atomic E-state index is 11.7. The molecule has 1 aromatic carbocycles. The molecule has 0 unspecified atom stereocenters. The molecule has 4 heteroatoms. The summed E-state index contributed by atoms with van der Waals surface area (Å²) in [6.07, 6.45) is 4.95. The van der Waals surface area contributed by atoms with Gasteiger partial charge in [-0.05, 0) is 43.9 Å². The third kappa shape index (κ3) is 2.67. The largest absolute Gasteiger partial charge is 0.465 e. The molecule has 1 N–H and O–H groups in total. The van der Waals surface area contributed by atoms with E-state index in [1.54, 1.807) is 0 Å². The molecule has 1 aliphatic carbocycles. The highest BCUT2D eigenvalue weighted by atomic mass is 16.5. The maximum atomic E-state index is 11.7. The summed E-state index contributed by atoms with van der Waals surface area (Å²) in [4.78, 5) is 14.0. The van der Waals surface area contributed by atoms with Crippen LogP contribution in [-0.2, 0) is 4.74 Å². The first-order valence-corrected chi connectivity index (χ1v) is 7.02. The second-order valence-electron chi connectivity index (χ2n) is 5.34. The van der Waals surface area contributed by atoms with Gasteiger partial charge < -0.3 is 15.0 Å². The van der Waals surface area contributed by atoms with Crippen LogP contribution in [0.15, 0.2) is 18.2 Å². The van der Waals surface area contributed by atoms with Gasteiger partial charge >= 0.3 is 5.97 Å². The molecule has 0 atom stereocenters. The van der Waals surface area contributed by atoms with Crippen molar-refractivity contribution < 1.29 is 9.53 Å². The van der Waals surface area contributed by atoms with Gasteiger partial charge in [-0.3, -0.25) is 0 Å². The van der Waals surface area contributed by atoms with Gasteiger partial charge in [0.25, 0.3) is 0 Å². The van der Waals surface area contributed by atoms with E-state index in [-0.39, 0.29) is 5.97 Å². The molecule has 0 radical (unpaired) electrons. The Bertz CT molecular complexity index is 477. The average Bonchev–Trinajstić information content (AvgIpc) is 3.08. The Morgan fingerprint density at radius 2 is 2.05 bits per heavy atom. The van der Waals surface area contributed by atoms with Gasteiger partial charge in [0.2, 0.25) is 0 Å². The number of ether oxygens (including phenoxy) is 1. The molecule has 1 heterocycles. The summed E-state index contributed by atoms with van der Waals surface area (Å²) < 4.78 is 4.81. The van der Waals surface area contributed by atoms with Crippen LogP contribution < -0.4 is 10.2 Å². The Kier molecular flexibility index (Phi) is 3.32. The van der Waals surface area contributed by atoms with Crippen LogP contribution in [-0.4, -0.2) is 32.2 Å². The highest BCUT2D eigenvalue weighted by Gasteiger charge is 2.24. The molecule has 2 aliphatic rings. The van der Waals surface area contributed by atoms with Gasteiger partial charge in [-0.1, -0.05) is 0 Å². The first-order chi connectivity index (χ1) is 9.28. The molecule has 4 nitrogen and oxygen atoms in total. The standard InChI is InChI=1S/C15H20N2O2/c1-19-15(18)11-4-7-13(16-12-5-6-12)14(10-11)17-8-2-3-9-17/h4,7,10,12,16H,2-3,5-6,8-9H2,1H3. The molecule has 1 aliphatic heterocycles. The lowest BCUT2D eigenvalue weighted by Gasteiger charge is -2.22. The summed E-state index contributed by atoms with van der Waals surface area (Å²) in [6, 6.07) is 6.43. The molecule has 1 aromatic rings. The zero-order valence-electron chi connectivity index (χ0n) is 11.3. The third-order valence-electron chi connectivity index (χ3n) is 3.80. The number of hydrogen-bond donors (Lipinski definition) is 1. The fourth-order valence-electron chi connectivity index (χ4n) is 2.57. The van der Waals surface area contributed by atoms with E-state index in [9.17, 15) is 4.79 Å². The van der Waals surface area contributed by atoms with Gasteiger partial charge in [0.1, 0.15) is 0 Å². The topological polar surface area (TPSA) is 41.6 Å².